The molecule has 1 aliphatic heterocycles. The number of aryl methyl sites for hydroxylation is 1. The molecule has 3 aromatic carbocycles. The number of anilines is 2. The highest BCUT2D eigenvalue weighted by atomic mass is 32.2. The fourth-order valence-electron chi connectivity index (χ4n) is 3.48. The molecule has 1 N–H and O–H groups in total. The summed E-state index contributed by atoms with van der Waals surface area (Å²) in [6.45, 7) is 1.91. The van der Waals surface area contributed by atoms with Crippen LogP contribution >= 0.6 is 11.8 Å². The van der Waals surface area contributed by atoms with Gasteiger partial charge in [-0.2, -0.15) is 5.26 Å². The zero-order chi connectivity index (χ0) is 24.2. The number of nitrogens with one attached hydrogen (secondary N) is 1. The molecular formula is C26H19F2N3O2S. The van der Waals surface area contributed by atoms with Crippen molar-refractivity contribution >= 4 is 35.0 Å². The molecule has 0 radical (unpaired) electrons. The van der Waals surface area contributed by atoms with E-state index in [4.69, 9.17) is 0 Å². The number of halogens is 2. The van der Waals surface area contributed by atoms with Gasteiger partial charge in [-0.05, 0) is 67.4 Å². The van der Waals surface area contributed by atoms with Gasteiger partial charge in [0.25, 0.3) is 5.91 Å². The van der Waals surface area contributed by atoms with Gasteiger partial charge in [0, 0.05) is 11.4 Å². The van der Waals surface area contributed by atoms with Gasteiger partial charge in [0.1, 0.15) is 28.3 Å². The third-order valence-electron chi connectivity index (χ3n) is 5.23. The van der Waals surface area contributed by atoms with E-state index in [9.17, 15) is 23.6 Å². The van der Waals surface area contributed by atoms with Gasteiger partial charge in [-0.1, -0.05) is 41.6 Å². The molecule has 0 aromatic heterocycles. The average Bonchev–Trinajstić information content (AvgIpc) is 3.13. The lowest BCUT2D eigenvalue weighted by molar-refractivity contribution is -0.117. The van der Waals surface area contributed by atoms with Crippen LogP contribution in [0.25, 0.3) is 0 Å². The molecule has 1 aliphatic rings. The van der Waals surface area contributed by atoms with E-state index in [0.29, 0.717) is 11.4 Å². The number of carbonyl (C=O) groups excluding carboxylic acids is 2. The fourth-order valence-corrected chi connectivity index (χ4v) is 4.79. The normalized spacial score (nSPS) is 16.8. The van der Waals surface area contributed by atoms with Gasteiger partial charge >= 0.3 is 0 Å². The molecule has 0 spiro atoms. The highest BCUT2D eigenvalue weighted by molar-refractivity contribution is 8.05. The topological polar surface area (TPSA) is 73.2 Å². The predicted molar refractivity (Wildman–Crippen MR) is 128 cm³/mol. The van der Waals surface area contributed by atoms with Crippen molar-refractivity contribution in [3.63, 3.8) is 0 Å². The first-order chi connectivity index (χ1) is 16.4. The number of nitriles is 1. The third kappa shape index (κ3) is 5.00. The molecule has 1 fully saturated rings. The molecular weight excluding hydrogens is 456 g/mol. The minimum atomic E-state index is -0.656. The summed E-state index contributed by atoms with van der Waals surface area (Å²) in [5.41, 5.74) is 2.36. The molecule has 0 aliphatic carbocycles. The Hall–Kier alpha value is -3.96. The van der Waals surface area contributed by atoms with Crippen LogP contribution in [0.15, 0.2) is 83.4 Å². The Balaban J connectivity index is 1.71. The van der Waals surface area contributed by atoms with Crippen LogP contribution in [0.1, 0.15) is 11.1 Å². The molecule has 1 heterocycles. The smallest absolute Gasteiger partial charge is 0.269 e. The summed E-state index contributed by atoms with van der Waals surface area (Å²) in [7, 11) is 0. The van der Waals surface area contributed by atoms with E-state index in [0.717, 1.165) is 22.9 Å². The molecule has 5 nitrogen and oxygen atoms in total. The second-order valence-corrected chi connectivity index (χ2v) is 8.89. The predicted octanol–water partition coefficient (Wildman–Crippen LogP) is 5.34. The summed E-state index contributed by atoms with van der Waals surface area (Å²) in [6.07, 6.45) is 0.267. The molecule has 0 unspecified atom stereocenters. The summed E-state index contributed by atoms with van der Waals surface area (Å²) >= 11 is 1.08. The minimum Gasteiger partial charge on any atom is -0.321 e. The molecule has 0 bridgehead atoms. The molecule has 0 saturated carbocycles. The van der Waals surface area contributed by atoms with Crippen LogP contribution in [0.5, 0.6) is 0 Å². The Bertz CT molecular complexity index is 1300. The molecule has 170 valence electrons. The SMILES string of the molecule is Cc1ccc(NC(=O)/C(C#N)=C2\S[C@H](Cc3ccc(F)cc3)C(=O)N2c2ccc(F)cc2)cc1. The van der Waals surface area contributed by atoms with E-state index < -0.39 is 17.0 Å². The lowest BCUT2D eigenvalue weighted by Gasteiger charge is -2.18. The number of hydrogen-bond donors (Lipinski definition) is 1. The molecule has 2 amide bonds. The zero-order valence-electron chi connectivity index (χ0n) is 18.1. The van der Waals surface area contributed by atoms with Gasteiger partial charge in [-0.25, -0.2) is 8.78 Å². The zero-order valence-corrected chi connectivity index (χ0v) is 18.9. The highest BCUT2D eigenvalue weighted by Crippen LogP contribution is 2.42. The molecule has 34 heavy (non-hydrogen) atoms. The average molecular weight is 476 g/mol. The van der Waals surface area contributed by atoms with Gasteiger partial charge in [-0.15, -0.1) is 0 Å². The van der Waals surface area contributed by atoms with E-state index in [1.165, 1.54) is 41.3 Å². The van der Waals surface area contributed by atoms with Crippen LogP contribution in [-0.2, 0) is 16.0 Å². The van der Waals surface area contributed by atoms with Crippen molar-refractivity contribution in [1.29, 1.82) is 5.26 Å². The molecule has 3 aromatic rings. The van der Waals surface area contributed by atoms with Crippen LogP contribution in [-0.4, -0.2) is 17.1 Å². The number of nitrogens with zero attached hydrogens (tertiary/aromatic N) is 2. The number of hydrogen-bond acceptors (Lipinski definition) is 4. The first kappa shape index (κ1) is 23.2. The van der Waals surface area contributed by atoms with Gasteiger partial charge in [0.05, 0.1) is 5.25 Å². The first-order valence-corrected chi connectivity index (χ1v) is 11.3. The van der Waals surface area contributed by atoms with Gasteiger partial charge in [-0.3, -0.25) is 14.5 Å². The fraction of sp³-hybridized carbons (Fsp3) is 0.115. The summed E-state index contributed by atoms with van der Waals surface area (Å²) in [6, 6.07) is 20.0. The minimum absolute atomic E-state index is 0.163. The van der Waals surface area contributed by atoms with Crippen molar-refractivity contribution in [2.75, 3.05) is 10.2 Å². The number of thioether (sulfide) groups is 1. The van der Waals surface area contributed by atoms with Crippen LogP contribution in [0.4, 0.5) is 20.2 Å². The van der Waals surface area contributed by atoms with Crippen LogP contribution < -0.4 is 10.2 Å². The monoisotopic (exact) mass is 475 g/mol. The Kier molecular flexibility index (Phi) is 6.75. The Morgan fingerprint density at radius 2 is 1.59 bits per heavy atom. The van der Waals surface area contributed by atoms with Crippen molar-refractivity contribution in [1.82, 2.24) is 0 Å². The second kappa shape index (κ2) is 9.89. The van der Waals surface area contributed by atoms with Crippen molar-refractivity contribution < 1.29 is 18.4 Å². The summed E-state index contributed by atoms with van der Waals surface area (Å²) < 4.78 is 26.8. The van der Waals surface area contributed by atoms with E-state index in [2.05, 4.69) is 5.32 Å². The van der Waals surface area contributed by atoms with Gasteiger partial charge < -0.3 is 5.32 Å². The van der Waals surface area contributed by atoms with E-state index >= 15 is 0 Å². The van der Waals surface area contributed by atoms with Crippen LogP contribution in [0.2, 0.25) is 0 Å². The van der Waals surface area contributed by atoms with Crippen molar-refractivity contribution in [3.05, 3.63) is 106 Å². The van der Waals surface area contributed by atoms with Crippen molar-refractivity contribution in [2.24, 2.45) is 0 Å². The maximum absolute atomic E-state index is 13.5. The summed E-state index contributed by atoms with van der Waals surface area (Å²) in [5.74, 6) is -1.88. The van der Waals surface area contributed by atoms with E-state index in [1.54, 1.807) is 24.3 Å². The summed E-state index contributed by atoms with van der Waals surface area (Å²) in [5, 5.41) is 12.1. The van der Waals surface area contributed by atoms with Crippen LogP contribution in [0, 0.1) is 29.9 Å². The van der Waals surface area contributed by atoms with Gasteiger partial charge in [0.2, 0.25) is 5.91 Å². The largest absolute Gasteiger partial charge is 0.321 e. The van der Waals surface area contributed by atoms with Gasteiger partial charge in [0.15, 0.2) is 0 Å². The number of amides is 2. The molecule has 4 rings (SSSR count). The van der Waals surface area contributed by atoms with E-state index in [-0.39, 0.29) is 28.7 Å². The van der Waals surface area contributed by atoms with Crippen LogP contribution in [0.3, 0.4) is 0 Å². The Morgan fingerprint density at radius 3 is 2.18 bits per heavy atom. The number of benzene rings is 3. The van der Waals surface area contributed by atoms with Crippen molar-refractivity contribution in [2.45, 2.75) is 18.6 Å². The Labute approximate surface area is 199 Å². The Morgan fingerprint density at radius 1 is 1.00 bits per heavy atom. The third-order valence-corrected chi connectivity index (χ3v) is 6.50. The lowest BCUT2D eigenvalue weighted by Crippen LogP contribution is -2.30. The molecule has 1 atom stereocenters. The first-order valence-electron chi connectivity index (χ1n) is 10.4. The van der Waals surface area contributed by atoms with Crippen molar-refractivity contribution in [3.8, 4) is 6.07 Å². The summed E-state index contributed by atoms with van der Waals surface area (Å²) in [4.78, 5) is 27.7. The standard InChI is InChI=1S/C26H19F2N3O2S/c1-16-2-10-20(11-3-16)30-24(32)22(15-29)26-31(21-12-8-19(28)9-13-21)25(33)23(34-26)14-17-4-6-18(27)7-5-17/h2-13,23H,14H2,1H3,(H,30,32)/b26-22-/t23-/m1/s1. The quantitative estimate of drug-likeness (QED) is 0.400. The van der Waals surface area contributed by atoms with E-state index in [1.807, 2.05) is 25.1 Å². The maximum atomic E-state index is 13.5. The second-order valence-electron chi connectivity index (χ2n) is 7.70. The molecule has 1 saturated heterocycles. The highest BCUT2D eigenvalue weighted by Gasteiger charge is 2.40. The molecule has 8 heteroatoms. The number of rotatable bonds is 5. The maximum Gasteiger partial charge on any atom is 0.269 e. The lowest BCUT2D eigenvalue weighted by atomic mass is 10.1. The number of carbonyl (C=O) groups is 2.